The number of aliphatic hydroxyl groups excluding tert-OH is 1. The van der Waals surface area contributed by atoms with Gasteiger partial charge in [-0.25, -0.2) is 0 Å². The van der Waals surface area contributed by atoms with Crippen molar-refractivity contribution in [2.45, 2.75) is 13.0 Å². The lowest BCUT2D eigenvalue weighted by molar-refractivity contribution is 0.0641. The van der Waals surface area contributed by atoms with Crippen molar-refractivity contribution in [1.29, 1.82) is 0 Å². The van der Waals surface area contributed by atoms with Crippen LogP contribution in [0.1, 0.15) is 5.56 Å². The maximum absolute atomic E-state index is 9.97. The second-order valence-electron chi connectivity index (χ2n) is 4.93. The zero-order valence-electron chi connectivity index (χ0n) is 11.2. The first-order chi connectivity index (χ1) is 9.15. The van der Waals surface area contributed by atoms with Crippen LogP contribution in [0.4, 0.5) is 0 Å². The molecular weight excluding hydrogens is 264 g/mol. The molecule has 0 bridgehead atoms. The van der Waals surface area contributed by atoms with Gasteiger partial charge in [0.15, 0.2) is 0 Å². The molecule has 1 fully saturated rings. The third-order valence-electron chi connectivity index (χ3n) is 3.25. The average molecular weight is 285 g/mol. The number of hydrogen-bond donors (Lipinski definition) is 2. The van der Waals surface area contributed by atoms with Crippen LogP contribution in [0.2, 0.25) is 5.02 Å². The minimum absolute atomic E-state index is 0.311. The van der Waals surface area contributed by atoms with Crippen LogP contribution in [0.15, 0.2) is 18.2 Å². The van der Waals surface area contributed by atoms with E-state index in [2.05, 4.69) is 10.2 Å². The van der Waals surface area contributed by atoms with Crippen molar-refractivity contribution >= 4 is 11.6 Å². The summed E-state index contributed by atoms with van der Waals surface area (Å²) in [7, 11) is 0. The zero-order chi connectivity index (χ0) is 13.7. The third-order valence-corrected chi connectivity index (χ3v) is 3.67. The van der Waals surface area contributed by atoms with Gasteiger partial charge in [0.2, 0.25) is 0 Å². The third kappa shape index (κ3) is 4.66. The van der Waals surface area contributed by atoms with Gasteiger partial charge in [0.25, 0.3) is 0 Å². The topological polar surface area (TPSA) is 44.7 Å². The number of hydrogen-bond acceptors (Lipinski definition) is 4. The highest BCUT2D eigenvalue weighted by Crippen LogP contribution is 2.21. The highest BCUT2D eigenvalue weighted by atomic mass is 35.5. The van der Waals surface area contributed by atoms with E-state index < -0.39 is 6.10 Å². The van der Waals surface area contributed by atoms with Crippen molar-refractivity contribution in [2.24, 2.45) is 0 Å². The van der Waals surface area contributed by atoms with Crippen molar-refractivity contribution in [2.75, 3.05) is 39.3 Å². The lowest BCUT2D eigenvalue weighted by Crippen LogP contribution is -2.47. The fraction of sp³-hybridized carbons (Fsp3) is 0.571. The van der Waals surface area contributed by atoms with Gasteiger partial charge in [-0.2, -0.15) is 0 Å². The molecule has 2 rings (SSSR count). The molecule has 19 heavy (non-hydrogen) atoms. The van der Waals surface area contributed by atoms with Crippen molar-refractivity contribution in [3.8, 4) is 5.75 Å². The van der Waals surface area contributed by atoms with Gasteiger partial charge in [0.1, 0.15) is 18.5 Å². The van der Waals surface area contributed by atoms with Crippen LogP contribution in [0.25, 0.3) is 0 Å². The van der Waals surface area contributed by atoms with E-state index in [9.17, 15) is 5.11 Å². The van der Waals surface area contributed by atoms with Gasteiger partial charge < -0.3 is 15.2 Å². The number of piperazine rings is 1. The maximum atomic E-state index is 9.97. The van der Waals surface area contributed by atoms with Crippen LogP contribution in [0.3, 0.4) is 0 Å². The summed E-state index contributed by atoms with van der Waals surface area (Å²) in [6.07, 6.45) is -0.464. The molecule has 106 valence electrons. The number of halogens is 1. The molecule has 0 saturated carbocycles. The fourth-order valence-electron chi connectivity index (χ4n) is 2.14. The van der Waals surface area contributed by atoms with E-state index in [1.807, 2.05) is 25.1 Å². The van der Waals surface area contributed by atoms with E-state index in [0.29, 0.717) is 13.2 Å². The second-order valence-corrected chi connectivity index (χ2v) is 5.33. The number of benzene rings is 1. The Labute approximate surface area is 119 Å². The van der Waals surface area contributed by atoms with Gasteiger partial charge in [-0.3, -0.25) is 4.90 Å². The molecule has 1 aromatic carbocycles. The Morgan fingerprint density at radius 1 is 1.42 bits per heavy atom. The van der Waals surface area contributed by atoms with Crippen LogP contribution in [0, 0.1) is 6.92 Å². The van der Waals surface area contributed by atoms with E-state index in [1.165, 1.54) is 0 Å². The predicted molar refractivity (Wildman–Crippen MR) is 77.0 cm³/mol. The van der Waals surface area contributed by atoms with Crippen molar-refractivity contribution in [3.63, 3.8) is 0 Å². The van der Waals surface area contributed by atoms with E-state index >= 15 is 0 Å². The summed E-state index contributed by atoms with van der Waals surface area (Å²) in [6, 6.07) is 5.53. The predicted octanol–water partition coefficient (Wildman–Crippen LogP) is 1.29. The molecule has 1 saturated heterocycles. The van der Waals surface area contributed by atoms with Gasteiger partial charge in [0, 0.05) is 37.7 Å². The summed E-state index contributed by atoms with van der Waals surface area (Å²) in [5.74, 6) is 0.751. The molecule has 0 aromatic heterocycles. The van der Waals surface area contributed by atoms with E-state index in [4.69, 9.17) is 16.3 Å². The zero-order valence-corrected chi connectivity index (χ0v) is 12.0. The van der Waals surface area contributed by atoms with E-state index in [-0.39, 0.29) is 0 Å². The average Bonchev–Trinajstić information content (AvgIpc) is 2.41. The van der Waals surface area contributed by atoms with Crippen LogP contribution in [-0.4, -0.2) is 55.4 Å². The number of aliphatic hydroxyl groups is 1. The lowest BCUT2D eigenvalue weighted by atomic mass is 10.2. The maximum Gasteiger partial charge on any atom is 0.119 e. The lowest BCUT2D eigenvalue weighted by Gasteiger charge is -2.29. The number of nitrogens with one attached hydrogen (secondary N) is 1. The number of nitrogens with zero attached hydrogens (tertiary/aromatic N) is 1. The molecule has 1 aromatic rings. The monoisotopic (exact) mass is 284 g/mol. The van der Waals surface area contributed by atoms with Crippen LogP contribution >= 0.6 is 11.6 Å². The first-order valence-electron chi connectivity index (χ1n) is 6.65. The van der Waals surface area contributed by atoms with Gasteiger partial charge in [0.05, 0.1) is 0 Å². The molecule has 0 spiro atoms. The summed E-state index contributed by atoms with van der Waals surface area (Å²) in [6.45, 7) is 6.85. The Hall–Kier alpha value is -0.810. The SMILES string of the molecule is Cc1cc(OCC(O)CN2CCNCC2)ccc1Cl. The Morgan fingerprint density at radius 2 is 2.16 bits per heavy atom. The van der Waals surface area contributed by atoms with Gasteiger partial charge in [-0.05, 0) is 30.7 Å². The fourth-order valence-corrected chi connectivity index (χ4v) is 2.26. The summed E-state index contributed by atoms with van der Waals surface area (Å²) in [4.78, 5) is 2.25. The van der Waals surface area contributed by atoms with Crippen molar-refractivity contribution in [3.05, 3.63) is 28.8 Å². The van der Waals surface area contributed by atoms with Gasteiger partial charge >= 0.3 is 0 Å². The number of ether oxygens (including phenoxy) is 1. The van der Waals surface area contributed by atoms with E-state index in [1.54, 1.807) is 0 Å². The standard InChI is InChI=1S/C14H21ClN2O2/c1-11-8-13(2-3-14(11)15)19-10-12(18)9-17-6-4-16-5-7-17/h2-3,8,12,16,18H,4-7,9-10H2,1H3. The largest absolute Gasteiger partial charge is 0.491 e. The van der Waals surface area contributed by atoms with E-state index in [0.717, 1.165) is 42.5 Å². The van der Waals surface area contributed by atoms with Gasteiger partial charge in [-0.15, -0.1) is 0 Å². The number of rotatable bonds is 5. The quantitative estimate of drug-likeness (QED) is 0.855. The molecule has 1 heterocycles. The Kier molecular flexibility index (Phi) is 5.45. The molecule has 2 N–H and O–H groups in total. The molecule has 0 amide bonds. The molecule has 1 atom stereocenters. The summed E-state index contributed by atoms with van der Waals surface area (Å²) in [5.41, 5.74) is 0.982. The van der Waals surface area contributed by atoms with Crippen molar-refractivity contribution in [1.82, 2.24) is 10.2 Å². The Bertz CT molecular complexity index is 408. The van der Waals surface area contributed by atoms with Crippen LogP contribution < -0.4 is 10.1 Å². The summed E-state index contributed by atoms with van der Waals surface area (Å²) in [5, 5.41) is 14.0. The molecule has 5 heteroatoms. The molecule has 4 nitrogen and oxygen atoms in total. The number of β-amino-alcohol motifs (C(OH)–C–C–N with tert-alkyl or cyclic N) is 1. The first-order valence-corrected chi connectivity index (χ1v) is 7.03. The molecular formula is C14H21ClN2O2. The summed E-state index contributed by atoms with van der Waals surface area (Å²) < 4.78 is 5.59. The molecule has 1 unspecified atom stereocenters. The second kappa shape index (κ2) is 7.10. The van der Waals surface area contributed by atoms with Gasteiger partial charge in [-0.1, -0.05) is 11.6 Å². The molecule has 0 aliphatic carbocycles. The normalized spacial score (nSPS) is 18.3. The first kappa shape index (κ1) is 14.6. The Morgan fingerprint density at radius 3 is 2.84 bits per heavy atom. The summed E-state index contributed by atoms with van der Waals surface area (Å²) >= 11 is 5.95. The minimum Gasteiger partial charge on any atom is -0.491 e. The molecule has 1 aliphatic rings. The minimum atomic E-state index is -0.464. The Balaban J connectivity index is 1.75. The van der Waals surface area contributed by atoms with Crippen LogP contribution in [-0.2, 0) is 0 Å². The van der Waals surface area contributed by atoms with Crippen molar-refractivity contribution < 1.29 is 9.84 Å². The molecule has 1 aliphatic heterocycles. The van der Waals surface area contributed by atoms with Crippen LogP contribution in [0.5, 0.6) is 5.75 Å². The number of aryl methyl sites for hydroxylation is 1. The highest BCUT2D eigenvalue weighted by molar-refractivity contribution is 6.31. The smallest absolute Gasteiger partial charge is 0.119 e. The highest BCUT2D eigenvalue weighted by Gasteiger charge is 2.14. The molecule has 0 radical (unpaired) electrons.